The summed E-state index contributed by atoms with van der Waals surface area (Å²) in [5, 5.41) is 1.39. The van der Waals surface area contributed by atoms with Gasteiger partial charge >= 0.3 is 0 Å². The van der Waals surface area contributed by atoms with E-state index in [1.807, 2.05) is 18.2 Å². The van der Waals surface area contributed by atoms with Gasteiger partial charge in [0.25, 0.3) is 5.91 Å². The van der Waals surface area contributed by atoms with E-state index in [4.69, 9.17) is 4.84 Å². The van der Waals surface area contributed by atoms with Crippen LogP contribution in [0.4, 0.5) is 0 Å². The Hall–Kier alpha value is -1.09. The lowest BCUT2D eigenvalue weighted by atomic mass is 9.75. The fourth-order valence-electron chi connectivity index (χ4n) is 6.73. The van der Waals surface area contributed by atoms with Crippen molar-refractivity contribution in [1.29, 1.82) is 0 Å². The van der Waals surface area contributed by atoms with Crippen molar-refractivity contribution in [2.24, 2.45) is 5.92 Å². The first kappa shape index (κ1) is 45.9. The zero-order chi connectivity index (χ0) is 36.4. The van der Waals surface area contributed by atoms with Gasteiger partial charge in [-0.25, -0.2) is 5.06 Å². The predicted molar refractivity (Wildman–Crippen MR) is 213 cm³/mol. The molecule has 282 valence electrons. The monoisotopic (exact) mass is 813 g/mol. The third-order valence-corrected chi connectivity index (χ3v) is 10.8. The highest BCUT2D eigenvalue weighted by Gasteiger charge is 2.52. The molecule has 0 aliphatic rings. The number of rotatable bonds is 32. The van der Waals surface area contributed by atoms with Crippen LogP contribution in [0.3, 0.4) is 0 Å². The summed E-state index contributed by atoms with van der Waals surface area (Å²) in [6.45, 7) is 5.43. The lowest BCUT2D eigenvalue weighted by molar-refractivity contribution is -0.871. The van der Waals surface area contributed by atoms with E-state index in [0.29, 0.717) is 29.4 Å². The molecule has 0 aliphatic carbocycles. The summed E-state index contributed by atoms with van der Waals surface area (Å²) in [4.78, 5) is 47.8. The Morgan fingerprint density at radius 2 is 1.14 bits per heavy atom. The molecule has 1 rings (SSSR count). The number of halogens is 2. The lowest BCUT2D eigenvalue weighted by Crippen LogP contribution is -2.61. The number of likely N-dealkylation sites (N-methyl/N-ethyl adjacent to an activating group) is 1. The summed E-state index contributed by atoms with van der Waals surface area (Å²) in [5.41, 5.74) is -0.850. The van der Waals surface area contributed by atoms with Gasteiger partial charge in [-0.1, -0.05) is 160 Å². The Labute approximate surface area is 317 Å². The second kappa shape index (κ2) is 27.5. The summed E-state index contributed by atoms with van der Waals surface area (Å²) in [6.07, 6.45) is 25.1. The zero-order valence-electron chi connectivity index (χ0n) is 31.9. The van der Waals surface area contributed by atoms with Gasteiger partial charge in [0.2, 0.25) is 4.69 Å². The van der Waals surface area contributed by atoms with E-state index in [9.17, 15) is 14.4 Å². The van der Waals surface area contributed by atoms with Crippen molar-refractivity contribution in [3.05, 3.63) is 35.9 Å². The van der Waals surface area contributed by atoms with Gasteiger partial charge in [0.05, 0.1) is 21.1 Å². The topological polar surface area (TPSA) is 63.7 Å². The van der Waals surface area contributed by atoms with E-state index in [1.54, 1.807) is 12.1 Å². The number of unbranched alkanes of at least 4 members (excludes halogenated alkanes) is 18. The maximum atomic E-state index is 14.4. The average molecular weight is 816 g/mol. The number of carbonyl (C=O) groups is 3. The third kappa shape index (κ3) is 19.9. The molecule has 0 radical (unpaired) electrons. The molecule has 0 N–H and O–H groups in total. The van der Waals surface area contributed by atoms with Crippen molar-refractivity contribution >= 4 is 47.2 Å². The number of quaternary nitrogens is 1. The van der Waals surface area contributed by atoms with Crippen LogP contribution in [0.5, 0.6) is 0 Å². The molecular formula is C41H71Br2N2O4+. The Bertz CT molecular complexity index is 1020. The van der Waals surface area contributed by atoms with E-state index in [0.717, 1.165) is 38.5 Å². The highest BCUT2D eigenvalue weighted by Crippen LogP contribution is 2.41. The fourth-order valence-corrected chi connectivity index (χ4v) is 7.81. The van der Waals surface area contributed by atoms with Crippen LogP contribution in [0.1, 0.15) is 172 Å². The van der Waals surface area contributed by atoms with Crippen molar-refractivity contribution in [2.75, 3.05) is 34.3 Å². The molecule has 0 aromatic heterocycles. The van der Waals surface area contributed by atoms with Gasteiger partial charge in [0.15, 0.2) is 4.69 Å². The molecule has 1 amide bonds. The summed E-state index contributed by atoms with van der Waals surface area (Å²) < 4.78 is 0.226. The van der Waals surface area contributed by atoms with Crippen LogP contribution in [0, 0.1) is 5.92 Å². The lowest BCUT2D eigenvalue weighted by Gasteiger charge is -2.45. The molecule has 8 heteroatoms. The third-order valence-electron chi connectivity index (χ3n) is 9.79. The number of benzene rings is 1. The molecule has 1 aromatic carbocycles. The van der Waals surface area contributed by atoms with E-state index >= 15 is 0 Å². The molecule has 2 atom stereocenters. The molecule has 0 fully saturated rings. The molecule has 1 aromatic rings. The van der Waals surface area contributed by atoms with Crippen LogP contribution in [-0.4, -0.2) is 64.7 Å². The van der Waals surface area contributed by atoms with E-state index < -0.39 is 11.5 Å². The van der Waals surface area contributed by atoms with Gasteiger partial charge in [-0.15, -0.1) is 0 Å². The van der Waals surface area contributed by atoms with E-state index in [-0.39, 0.29) is 28.3 Å². The number of hydrogen-bond acceptors (Lipinski definition) is 4. The standard InChI is InChI=1S/C41H71Br2N2O4/c1-6-8-10-12-14-16-18-20-22-27-31-37(35-38(42)46)41(40(43)48,32-28-23-21-19-17-15-13-11-9-7-2)44(49-34-33-45(3,4)5)39(47)36-29-25-24-26-30-36/h24-26,29-30,37H,6-23,27-28,31-35H2,1-5H3/q+1/t37?,41-/m0/s1. The van der Waals surface area contributed by atoms with Gasteiger partial charge in [-0.3, -0.25) is 19.2 Å². The second-order valence-electron chi connectivity index (χ2n) is 15.2. The van der Waals surface area contributed by atoms with Gasteiger partial charge in [-0.2, -0.15) is 0 Å². The highest BCUT2D eigenvalue weighted by molar-refractivity contribution is 9.18. The molecule has 0 heterocycles. The molecular weight excluding hydrogens is 744 g/mol. The minimum atomic E-state index is -1.32. The number of hydrogen-bond donors (Lipinski definition) is 0. The number of nitrogens with zero attached hydrogens (tertiary/aromatic N) is 2. The van der Waals surface area contributed by atoms with Crippen LogP contribution in [-0.2, 0) is 14.4 Å². The molecule has 0 spiro atoms. The van der Waals surface area contributed by atoms with Crippen LogP contribution < -0.4 is 0 Å². The molecule has 0 saturated heterocycles. The van der Waals surface area contributed by atoms with Crippen LogP contribution in [0.15, 0.2) is 30.3 Å². The smallest absolute Gasteiger partial charge is 0.278 e. The summed E-state index contributed by atoms with van der Waals surface area (Å²) in [6, 6.07) is 9.09. The molecule has 0 saturated carbocycles. The quantitative estimate of drug-likeness (QED) is 0.0314. The number of hydroxylamine groups is 2. The Morgan fingerprint density at radius 3 is 1.57 bits per heavy atom. The fraction of sp³-hybridized carbons (Fsp3) is 0.780. The van der Waals surface area contributed by atoms with Crippen molar-refractivity contribution in [3.63, 3.8) is 0 Å². The number of carbonyl (C=O) groups excluding carboxylic acids is 3. The minimum absolute atomic E-state index is 0.149. The molecule has 0 aliphatic heterocycles. The SMILES string of the molecule is CCCCCCCCCCCCC(CC(=O)Br)[C@@](CCCCCCCCCCCC)(C(=O)Br)N(OCC[N+](C)(C)C)C(=O)c1ccccc1. The first-order valence-electron chi connectivity index (χ1n) is 19.7. The van der Waals surface area contributed by atoms with Crippen LogP contribution in [0.2, 0.25) is 0 Å². The predicted octanol–water partition coefficient (Wildman–Crippen LogP) is 12.0. The Balaban J connectivity index is 3.27. The number of amides is 1. The van der Waals surface area contributed by atoms with Gasteiger partial charge in [0.1, 0.15) is 18.7 Å². The molecule has 1 unspecified atom stereocenters. The maximum Gasteiger partial charge on any atom is 0.278 e. The van der Waals surface area contributed by atoms with Crippen molar-refractivity contribution in [3.8, 4) is 0 Å². The normalized spacial score (nSPS) is 13.6. The van der Waals surface area contributed by atoms with Crippen LogP contribution >= 0.6 is 31.9 Å². The molecule has 49 heavy (non-hydrogen) atoms. The van der Waals surface area contributed by atoms with Crippen molar-refractivity contribution in [2.45, 2.75) is 167 Å². The summed E-state index contributed by atoms with van der Waals surface area (Å²) >= 11 is 6.63. The van der Waals surface area contributed by atoms with Gasteiger partial charge in [-0.05, 0) is 56.8 Å². The minimum Gasteiger partial charge on any atom is -0.329 e. The van der Waals surface area contributed by atoms with Crippen molar-refractivity contribution < 1.29 is 23.7 Å². The van der Waals surface area contributed by atoms with E-state index in [1.165, 1.54) is 95.0 Å². The zero-order valence-corrected chi connectivity index (χ0v) is 35.1. The molecule has 0 bridgehead atoms. The largest absolute Gasteiger partial charge is 0.329 e. The van der Waals surface area contributed by atoms with Gasteiger partial charge < -0.3 is 4.48 Å². The Morgan fingerprint density at radius 1 is 0.694 bits per heavy atom. The van der Waals surface area contributed by atoms with Crippen molar-refractivity contribution in [1.82, 2.24) is 5.06 Å². The van der Waals surface area contributed by atoms with Crippen LogP contribution in [0.25, 0.3) is 0 Å². The molecule has 6 nitrogen and oxygen atoms in total. The average Bonchev–Trinajstić information content (AvgIpc) is 3.06. The second-order valence-corrected chi connectivity index (χ2v) is 16.8. The van der Waals surface area contributed by atoms with Gasteiger partial charge in [0, 0.05) is 17.9 Å². The Kier molecular flexibility index (Phi) is 25.8. The van der Waals surface area contributed by atoms with E-state index in [2.05, 4.69) is 66.9 Å². The summed E-state index contributed by atoms with van der Waals surface area (Å²) in [5.74, 6) is -0.729. The highest BCUT2D eigenvalue weighted by atomic mass is 79.9. The first-order chi connectivity index (χ1) is 23.5. The maximum absolute atomic E-state index is 14.4. The first-order valence-corrected chi connectivity index (χ1v) is 21.3. The summed E-state index contributed by atoms with van der Waals surface area (Å²) in [7, 11) is 6.24.